The third-order valence-electron chi connectivity index (χ3n) is 7.33. The number of carbonyl (C=O) groups is 2. The number of likely N-dealkylation sites (tertiary alicyclic amines) is 1. The molecular formula is C22H39N5O4. The maximum absolute atomic E-state index is 13.0. The lowest BCUT2D eigenvalue weighted by atomic mass is 9.81. The van der Waals surface area contributed by atoms with E-state index in [-0.39, 0.29) is 30.3 Å². The molecular weight excluding hydrogens is 398 g/mol. The van der Waals surface area contributed by atoms with Crippen LogP contribution in [-0.4, -0.2) is 88.2 Å². The molecule has 3 aliphatic heterocycles. The van der Waals surface area contributed by atoms with Crippen molar-refractivity contribution in [3.05, 3.63) is 0 Å². The number of carboxylic acids is 1. The highest BCUT2D eigenvalue weighted by Gasteiger charge is 2.47. The number of piperidine rings is 3. The second-order valence-electron chi connectivity index (χ2n) is 9.27. The fourth-order valence-electron chi connectivity index (χ4n) is 5.55. The van der Waals surface area contributed by atoms with Gasteiger partial charge < -0.3 is 20.5 Å². The van der Waals surface area contributed by atoms with E-state index in [1.165, 1.54) is 0 Å². The Morgan fingerprint density at radius 3 is 2.45 bits per heavy atom. The Hall–Kier alpha value is -1.71. The minimum Gasteiger partial charge on any atom is -0.481 e. The first-order valence-corrected chi connectivity index (χ1v) is 11.8. The highest BCUT2D eigenvalue weighted by Crippen LogP contribution is 2.37. The van der Waals surface area contributed by atoms with Crippen molar-refractivity contribution in [3.8, 4) is 0 Å². The Balaban J connectivity index is 1.66. The van der Waals surface area contributed by atoms with Gasteiger partial charge in [-0.3, -0.25) is 15.0 Å². The van der Waals surface area contributed by atoms with Gasteiger partial charge in [-0.05, 0) is 58.3 Å². The molecule has 0 spiro atoms. The standard InChI is InChI=1S/C22H39N5O4/c1-17(28)22(10-15-31-19-7-13-25(14-8-19)21(23)24)9-3-5-12-27(22)26-11-4-2-6-18(26)16-20(29)30/h18-19H,2-16H2,1H3,(H3,23,24)(H,29,30)/t18?,22-/m0/s1. The number of aliphatic carboxylic acids is 1. The minimum atomic E-state index is -0.775. The topological polar surface area (TPSA) is 123 Å². The van der Waals surface area contributed by atoms with Gasteiger partial charge in [-0.2, -0.15) is 0 Å². The Bertz CT molecular complexity index is 652. The number of nitrogens with zero attached hydrogens (tertiary/aromatic N) is 3. The molecule has 0 radical (unpaired) electrons. The zero-order chi connectivity index (χ0) is 22.4. The molecule has 0 aliphatic carbocycles. The smallest absolute Gasteiger partial charge is 0.304 e. The summed E-state index contributed by atoms with van der Waals surface area (Å²) in [7, 11) is 0. The zero-order valence-corrected chi connectivity index (χ0v) is 18.9. The third kappa shape index (κ3) is 5.75. The summed E-state index contributed by atoms with van der Waals surface area (Å²) in [6, 6.07) is -0.0418. The van der Waals surface area contributed by atoms with E-state index in [2.05, 4.69) is 10.0 Å². The molecule has 0 aromatic carbocycles. The first-order valence-electron chi connectivity index (χ1n) is 11.8. The van der Waals surface area contributed by atoms with Crippen LogP contribution >= 0.6 is 0 Å². The Labute approximate surface area is 185 Å². The van der Waals surface area contributed by atoms with Gasteiger partial charge in [-0.1, -0.05) is 6.42 Å². The van der Waals surface area contributed by atoms with E-state index in [4.69, 9.17) is 15.9 Å². The summed E-state index contributed by atoms with van der Waals surface area (Å²) < 4.78 is 6.19. The average molecular weight is 438 g/mol. The van der Waals surface area contributed by atoms with Crippen LogP contribution in [0.2, 0.25) is 0 Å². The lowest BCUT2D eigenvalue weighted by Gasteiger charge is -2.54. The number of hydrogen-bond donors (Lipinski definition) is 3. The zero-order valence-electron chi connectivity index (χ0n) is 18.9. The normalized spacial score (nSPS) is 29.1. The number of ether oxygens (including phenoxy) is 1. The SMILES string of the molecule is CC(=O)[C@@]1(CCOC2CCN(C(=N)N)CC2)CCCCN1N1CCCCC1CC(=O)O. The molecule has 9 nitrogen and oxygen atoms in total. The van der Waals surface area contributed by atoms with Crippen LogP contribution in [0.15, 0.2) is 0 Å². The molecule has 0 amide bonds. The second kappa shape index (κ2) is 10.7. The quantitative estimate of drug-likeness (QED) is 0.388. The van der Waals surface area contributed by atoms with Gasteiger partial charge in [0.05, 0.1) is 18.1 Å². The molecule has 0 aromatic rings. The summed E-state index contributed by atoms with van der Waals surface area (Å²) in [5, 5.41) is 21.4. The number of rotatable bonds is 8. The lowest BCUT2D eigenvalue weighted by molar-refractivity contribution is -0.183. The number of carbonyl (C=O) groups excluding carboxylic acids is 1. The molecule has 31 heavy (non-hydrogen) atoms. The molecule has 0 saturated carbocycles. The van der Waals surface area contributed by atoms with Crippen molar-refractivity contribution in [3.63, 3.8) is 0 Å². The highest BCUT2D eigenvalue weighted by molar-refractivity contribution is 5.86. The molecule has 3 saturated heterocycles. The summed E-state index contributed by atoms with van der Waals surface area (Å²) in [5.74, 6) is -0.506. The molecule has 2 atom stereocenters. The van der Waals surface area contributed by atoms with E-state index in [1.54, 1.807) is 6.92 Å². The van der Waals surface area contributed by atoms with Crippen molar-refractivity contribution in [1.29, 1.82) is 5.41 Å². The maximum atomic E-state index is 13.0. The maximum Gasteiger partial charge on any atom is 0.304 e. The van der Waals surface area contributed by atoms with E-state index >= 15 is 0 Å². The van der Waals surface area contributed by atoms with E-state index < -0.39 is 11.5 Å². The summed E-state index contributed by atoms with van der Waals surface area (Å²) >= 11 is 0. The van der Waals surface area contributed by atoms with Gasteiger partial charge >= 0.3 is 5.97 Å². The van der Waals surface area contributed by atoms with Gasteiger partial charge in [0.1, 0.15) is 0 Å². The Morgan fingerprint density at radius 2 is 1.81 bits per heavy atom. The predicted octanol–water partition coefficient (Wildman–Crippen LogP) is 1.81. The fraction of sp³-hybridized carbons (Fsp3) is 0.864. The minimum absolute atomic E-state index is 0.0418. The number of nitrogens with one attached hydrogen (secondary N) is 1. The number of hydrogen-bond acceptors (Lipinski definition) is 6. The molecule has 0 aromatic heterocycles. The molecule has 0 bridgehead atoms. The fourth-order valence-corrected chi connectivity index (χ4v) is 5.55. The molecule has 3 rings (SSSR count). The molecule has 3 heterocycles. The monoisotopic (exact) mass is 437 g/mol. The summed E-state index contributed by atoms with van der Waals surface area (Å²) in [6.07, 6.45) is 8.32. The van der Waals surface area contributed by atoms with Crippen LogP contribution in [0.25, 0.3) is 0 Å². The molecule has 176 valence electrons. The van der Waals surface area contributed by atoms with Crippen LogP contribution in [0.3, 0.4) is 0 Å². The highest BCUT2D eigenvalue weighted by atomic mass is 16.5. The van der Waals surface area contributed by atoms with Gasteiger partial charge in [-0.25, -0.2) is 10.0 Å². The second-order valence-corrected chi connectivity index (χ2v) is 9.27. The molecule has 4 N–H and O–H groups in total. The van der Waals surface area contributed by atoms with E-state index in [9.17, 15) is 14.7 Å². The van der Waals surface area contributed by atoms with Gasteiger partial charge in [0.15, 0.2) is 11.7 Å². The van der Waals surface area contributed by atoms with E-state index in [0.717, 1.165) is 77.5 Å². The van der Waals surface area contributed by atoms with Gasteiger partial charge in [0, 0.05) is 38.8 Å². The van der Waals surface area contributed by atoms with Gasteiger partial charge in [-0.15, -0.1) is 0 Å². The van der Waals surface area contributed by atoms with Crippen molar-refractivity contribution in [2.75, 3.05) is 32.8 Å². The van der Waals surface area contributed by atoms with Crippen molar-refractivity contribution in [1.82, 2.24) is 14.9 Å². The van der Waals surface area contributed by atoms with Crippen LogP contribution < -0.4 is 5.73 Å². The number of ketones is 1. The van der Waals surface area contributed by atoms with Crippen LogP contribution in [0.5, 0.6) is 0 Å². The van der Waals surface area contributed by atoms with Crippen LogP contribution in [0, 0.1) is 5.41 Å². The van der Waals surface area contributed by atoms with Crippen molar-refractivity contribution < 1.29 is 19.4 Å². The van der Waals surface area contributed by atoms with Gasteiger partial charge in [0.2, 0.25) is 0 Å². The number of nitrogens with two attached hydrogens (primary N) is 1. The summed E-state index contributed by atoms with van der Waals surface area (Å²) in [6.45, 7) is 5.27. The lowest BCUT2D eigenvalue weighted by Crippen LogP contribution is -2.66. The van der Waals surface area contributed by atoms with Crippen molar-refractivity contribution in [2.45, 2.75) is 88.8 Å². The van der Waals surface area contributed by atoms with E-state index in [0.29, 0.717) is 13.0 Å². The summed E-state index contributed by atoms with van der Waals surface area (Å²) in [5.41, 5.74) is 4.97. The molecule has 1 unspecified atom stereocenters. The summed E-state index contributed by atoms with van der Waals surface area (Å²) in [4.78, 5) is 26.3. The largest absolute Gasteiger partial charge is 0.481 e. The first-order chi connectivity index (χ1) is 14.8. The van der Waals surface area contributed by atoms with Crippen LogP contribution in [0.1, 0.15) is 71.1 Å². The third-order valence-corrected chi connectivity index (χ3v) is 7.33. The van der Waals surface area contributed by atoms with Crippen molar-refractivity contribution >= 4 is 17.7 Å². The first kappa shape index (κ1) is 23.9. The number of guanidine groups is 1. The Morgan fingerprint density at radius 1 is 1.10 bits per heavy atom. The predicted molar refractivity (Wildman–Crippen MR) is 118 cm³/mol. The van der Waals surface area contributed by atoms with Gasteiger partial charge in [0.25, 0.3) is 0 Å². The Kier molecular flexibility index (Phi) is 8.30. The average Bonchev–Trinajstić information content (AvgIpc) is 2.74. The molecule has 9 heteroatoms. The molecule has 3 fully saturated rings. The molecule has 3 aliphatic rings. The number of carboxylic acid groups (broad SMARTS) is 1. The number of hydrazine groups is 1. The van der Waals surface area contributed by atoms with Crippen molar-refractivity contribution in [2.24, 2.45) is 5.73 Å². The van der Waals surface area contributed by atoms with Crippen LogP contribution in [0.4, 0.5) is 0 Å². The van der Waals surface area contributed by atoms with Crippen LogP contribution in [-0.2, 0) is 14.3 Å². The van der Waals surface area contributed by atoms with E-state index in [1.807, 2.05) is 4.90 Å². The number of Topliss-reactive ketones (excluding diaryl/α,β-unsaturated/α-hetero) is 1.